The maximum Gasteiger partial charge on any atom is 0.257 e. The van der Waals surface area contributed by atoms with Gasteiger partial charge in [0.15, 0.2) is 5.82 Å². The summed E-state index contributed by atoms with van der Waals surface area (Å²) in [5, 5.41) is 8.70. The standard InChI is InChI=1S/C12H19BrN4O2/c1-17(5-3-2-4-6-18)12(19)10-7-9(13)8-15-11(10)16-14/h7-8,18H,2-6,14H2,1H3,(H,15,16). The molecule has 0 aliphatic carbocycles. The Morgan fingerprint density at radius 2 is 2.26 bits per heavy atom. The molecule has 0 bridgehead atoms. The fourth-order valence-corrected chi connectivity index (χ4v) is 1.99. The molecule has 0 aromatic carbocycles. The van der Waals surface area contributed by atoms with Crippen LogP contribution in [-0.4, -0.2) is 41.1 Å². The highest BCUT2D eigenvalue weighted by Gasteiger charge is 2.16. The van der Waals surface area contributed by atoms with Gasteiger partial charge in [0.2, 0.25) is 0 Å². The molecule has 0 aliphatic heterocycles. The highest BCUT2D eigenvalue weighted by molar-refractivity contribution is 9.10. The van der Waals surface area contributed by atoms with Crippen LogP contribution in [0, 0.1) is 0 Å². The first-order valence-electron chi connectivity index (χ1n) is 6.08. The van der Waals surface area contributed by atoms with Gasteiger partial charge in [0.1, 0.15) is 0 Å². The summed E-state index contributed by atoms with van der Waals surface area (Å²) in [7, 11) is 1.74. The number of halogens is 1. The number of aromatic nitrogens is 1. The maximum absolute atomic E-state index is 12.3. The zero-order valence-electron chi connectivity index (χ0n) is 10.9. The molecule has 4 N–H and O–H groups in total. The zero-order valence-corrected chi connectivity index (χ0v) is 12.5. The predicted octanol–water partition coefficient (Wildman–Crippen LogP) is 1.36. The number of nitrogen functional groups attached to an aromatic ring is 1. The Kier molecular flexibility index (Phi) is 6.75. The number of aliphatic hydroxyl groups is 1. The van der Waals surface area contributed by atoms with Gasteiger partial charge in [-0.3, -0.25) is 4.79 Å². The number of anilines is 1. The Morgan fingerprint density at radius 1 is 1.53 bits per heavy atom. The predicted molar refractivity (Wildman–Crippen MR) is 77.6 cm³/mol. The van der Waals surface area contributed by atoms with Crippen molar-refractivity contribution in [3.05, 3.63) is 22.3 Å². The third kappa shape index (κ3) is 4.77. The third-order valence-electron chi connectivity index (χ3n) is 2.72. The molecule has 106 valence electrons. The first kappa shape index (κ1) is 15.9. The number of carbonyl (C=O) groups is 1. The van der Waals surface area contributed by atoms with Crippen LogP contribution in [0.2, 0.25) is 0 Å². The molecule has 0 spiro atoms. The van der Waals surface area contributed by atoms with Crippen LogP contribution in [0.25, 0.3) is 0 Å². The van der Waals surface area contributed by atoms with Crippen molar-refractivity contribution >= 4 is 27.7 Å². The summed E-state index contributed by atoms with van der Waals surface area (Å²) < 4.78 is 0.725. The molecule has 1 aromatic heterocycles. The van der Waals surface area contributed by atoms with Gasteiger partial charge in [0, 0.05) is 30.9 Å². The monoisotopic (exact) mass is 330 g/mol. The average Bonchev–Trinajstić information content (AvgIpc) is 2.42. The average molecular weight is 331 g/mol. The van der Waals surface area contributed by atoms with Crippen LogP contribution in [0.5, 0.6) is 0 Å². The minimum atomic E-state index is -0.134. The molecular formula is C12H19BrN4O2. The van der Waals surface area contributed by atoms with Crippen molar-refractivity contribution in [1.82, 2.24) is 9.88 Å². The molecule has 0 saturated carbocycles. The Labute approximate surface area is 121 Å². The fraction of sp³-hybridized carbons (Fsp3) is 0.500. The minimum absolute atomic E-state index is 0.134. The molecule has 0 saturated heterocycles. The Bertz CT molecular complexity index is 428. The van der Waals surface area contributed by atoms with E-state index in [1.807, 2.05) is 0 Å². The lowest BCUT2D eigenvalue weighted by atomic mass is 10.2. The Balaban J connectivity index is 2.68. The smallest absolute Gasteiger partial charge is 0.257 e. The minimum Gasteiger partial charge on any atom is -0.396 e. The molecule has 0 atom stereocenters. The van der Waals surface area contributed by atoms with Crippen LogP contribution in [0.4, 0.5) is 5.82 Å². The number of pyridine rings is 1. The molecule has 1 aromatic rings. The van der Waals surface area contributed by atoms with Gasteiger partial charge in [-0.1, -0.05) is 0 Å². The van der Waals surface area contributed by atoms with Gasteiger partial charge in [-0.05, 0) is 41.3 Å². The van der Waals surface area contributed by atoms with Crippen molar-refractivity contribution in [1.29, 1.82) is 0 Å². The van der Waals surface area contributed by atoms with Gasteiger partial charge >= 0.3 is 0 Å². The number of unbranched alkanes of at least 4 members (excludes halogenated alkanes) is 2. The van der Waals surface area contributed by atoms with E-state index in [9.17, 15) is 4.79 Å². The number of amides is 1. The summed E-state index contributed by atoms with van der Waals surface area (Å²) in [5.41, 5.74) is 2.85. The summed E-state index contributed by atoms with van der Waals surface area (Å²) in [6.45, 7) is 0.823. The molecule has 0 fully saturated rings. The number of carbonyl (C=O) groups excluding carboxylic acids is 1. The maximum atomic E-state index is 12.3. The number of hydrogen-bond acceptors (Lipinski definition) is 5. The number of rotatable bonds is 7. The van der Waals surface area contributed by atoms with Gasteiger partial charge < -0.3 is 15.4 Å². The molecule has 1 heterocycles. The third-order valence-corrected chi connectivity index (χ3v) is 3.15. The summed E-state index contributed by atoms with van der Waals surface area (Å²) in [5.74, 6) is 5.58. The Morgan fingerprint density at radius 3 is 2.89 bits per heavy atom. The van der Waals surface area contributed by atoms with Crippen molar-refractivity contribution in [2.75, 3.05) is 25.6 Å². The van der Waals surface area contributed by atoms with Crippen molar-refractivity contribution < 1.29 is 9.90 Å². The number of nitrogens with zero attached hydrogens (tertiary/aromatic N) is 2. The molecule has 0 unspecified atom stereocenters. The molecular weight excluding hydrogens is 312 g/mol. The van der Waals surface area contributed by atoms with Crippen molar-refractivity contribution in [3.8, 4) is 0 Å². The van der Waals surface area contributed by atoms with E-state index in [0.717, 1.165) is 23.7 Å². The quantitative estimate of drug-likeness (QED) is 0.399. The van der Waals surface area contributed by atoms with Crippen LogP contribution in [0.1, 0.15) is 29.6 Å². The summed E-state index contributed by atoms with van der Waals surface area (Å²) in [4.78, 5) is 17.9. The van der Waals surface area contributed by atoms with Gasteiger partial charge in [-0.2, -0.15) is 0 Å². The fourth-order valence-electron chi connectivity index (χ4n) is 1.66. The van der Waals surface area contributed by atoms with Crippen molar-refractivity contribution in [2.45, 2.75) is 19.3 Å². The topological polar surface area (TPSA) is 91.5 Å². The number of nitrogens with one attached hydrogen (secondary N) is 1. The number of aliphatic hydroxyl groups excluding tert-OH is 1. The van der Waals surface area contributed by atoms with E-state index < -0.39 is 0 Å². The lowest BCUT2D eigenvalue weighted by molar-refractivity contribution is 0.0792. The van der Waals surface area contributed by atoms with E-state index in [1.165, 1.54) is 0 Å². The zero-order chi connectivity index (χ0) is 14.3. The SMILES string of the molecule is CN(CCCCCO)C(=O)c1cc(Br)cnc1NN. The van der Waals surface area contributed by atoms with Crippen LogP contribution in [0.15, 0.2) is 16.7 Å². The summed E-state index contributed by atoms with van der Waals surface area (Å²) in [6, 6.07) is 1.69. The lowest BCUT2D eigenvalue weighted by Gasteiger charge is -2.18. The largest absolute Gasteiger partial charge is 0.396 e. The van der Waals surface area contributed by atoms with E-state index in [4.69, 9.17) is 10.9 Å². The van der Waals surface area contributed by atoms with Gasteiger partial charge in [0.05, 0.1) is 5.56 Å². The van der Waals surface area contributed by atoms with Gasteiger partial charge in [-0.25, -0.2) is 10.8 Å². The van der Waals surface area contributed by atoms with Gasteiger partial charge in [0.25, 0.3) is 5.91 Å². The second-order valence-electron chi connectivity index (χ2n) is 4.21. The summed E-state index contributed by atoms with van der Waals surface area (Å²) >= 11 is 3.29. The highest BCUT2D eigenvalue weighted by Crippen LogP contribution is 2.19. The molecule has 1 amide bonds. The highest BCUT2D eigenvalue weighted by atomic mass is 79.9. The van der Waals surface area contributed by atoms with E-state index in [-0.39, 0.29) is 12.5 Å². The Hall–Kier alpha value is -1.18. The van der Waals surface area contributed by atoms with Crippen molar-refractivity contribution in [2.24, 2.45) is 5.84 Å². The first-order chi connectivity index (χ1) is 9.10. The molecule has 0 radical (unpaired) electrons. The second kappa shape index (κ2) is 8.08. The number of hydrazine groups is 1. The van der Waals surface area contributed by atoms with E-state index >= 15 is 0 Å². The number of nitrogens with two attached hydrogens (primary N) is 1. The summed E-state index contributed by atoms with van der Waals surface area (Å²) in [6.07, 6.45) is 4.09. The van der Waals surface area contributed by atoms with Crippen LogP contribution < -0.4 is 11.3 Å². The number of hydrogen-bond donors (Lipinski definition) is 3. The lowest BCUT2D eigenvalue weighted by Crippen LogP contribution is -2.29. The van der Waals surface area contributed by atoms with Crippen molar-refractivity contribution in [3.63, 3.8) is 0 Å². The molecule has 0 aliphatic rings. The van der Waals surface area contributed by atoms with Crippen LogP contribution in [-0.2, 0) is 0 Å². The van der Waals surface area contributed by atoms with Gasteiger partial charge in [-0.15, -0.1) is 0 Å². The molecule has 19 heavy (non-hydrogen) atoms. The van der Waals surface area contributed by atoms with Crippen LogP contribution >= 0.6 is 15.9 Å². The van der Waals surface area contributed by atoms with E-state index in [2.05, 4.69) is 26.3 Å². The first-order valence-corrected chi connectivity index (χ1v) is 6.88. The van der Waals surface area contributed by atoms with E-state index in [1.54, 1.807) is 24.2 Å². The van der Waals surface area contributed by atoms with Crippen LogP contribution in [0.3, 0.4) is 0 Å². The van der Waals surface area contributed by atoms with E-state index in [0.29, 0.717) is 17.9 Å². The molecule has 6 nitrogen and oxygen atoms in total. The normalized spacial score (nSPS) is 10.3. The molecule has 7 heteroatoms. The second-order valence-corrected chi connectivity index (χ2v) is 5.12. The molecule has 1 rings (SSSR count).